The first-order valence-electron chi connectivity index (χ1n) is 7.12. The Balaban J connectivity index is 1.67. The monoisotopic (exact) mass is 323 g/mol. The zero-order chi connectivity index (χ0) is 15.5. The highest BCUT2D eigenvalue weighted by Gasteiger charge is 2.53. The molecule has 0 radical (unpaired) electrons. The number of Topliss-reactive ketones (excluding diaryl/α,β-unsaturated/α-hetero) is 1. The van der Waals surface area contributed by atoms with E-state index in [9.17, 15) is 26.5 Å². The van der Waals surface area contributed by atoms with Crippen molar-refractivity contribution in [2.45, 2.75) is 49.4 Å². The lowest BCUT2D eigenvalue weighted by Gasteiger charge is -2.56. The van der Waals surface area contributed by atoms with Crippen LogP contribution in [-0.4, -0.2) is 36.2 Å². The van der Waals surface area contributed by atoms with Crippen LogP contribution in [-0.2, 0) is 19.6 Å². The number of carbonyl (C=O) groups excluding carboxylic acids is 1. The molecule has 0 saturated heterocycles. The molecule has 8 heteroatoms. The second-order valence-corrected chi connectivity index (χ2v) is 8.20. The molecule has 4 saturated carbocycles. The number of hydrogen-bond acceptors (Lipinski definition) is 5. The van der Waals surface area contributed by atoms with Crippen molar-refractivity contribution >= 4 is 15.9 Å². The Morgan fingerprint density at radius 2 is 1.57 bits per heavy atom. The summed E-state index contributed by atoms with van der Waals surface area (Å²) in [5.74, 6) is -0.437. The Hall–Kier alpha value is -0.600. The largest absolute Gasteiger partial charge is 0.743 e. The Bertz CT molecular complexity index is 522. The van der Waals surface area contributed by atoms with Crippen molar-refractivity contribution in [1.29, 1.82) is 0 Å². The van der Waals surface area contributed by atoms with Crippen molar-refractivity contribution in [2.75, 3.05) is 6.61 Å². The van der Waals surface area contributed by atoms with Crippen molar-refractivity contribution in [3.8, 4) is 0 Å². The van der Waals surface area contributed by atoms with E-state index in [1.54, 1.807) is 0 Å². The van der Waals surface area contributed by atoms with Crippen LogP contribution in [0.3, 0.4) is 0 Å². The van der Waals surface area contributed by atoms with Crippen molar-refractivity contribution < 1.29 is 31.3 Å². The second-order valence-electron chi connectivity index (χ2n) is 6.78. The Kier molecular flexibility index (Phi) is 3.42. The quantitative estimate of drug-likeness (QED) is 0.719. The highest BCUT2D eigenvalue weighted by molar-refractivity contribution is 7.87. The molecular weight excluding hydrogens is 306 g/mol. The first-order chi connectivity index (χ1) is 9.61. The van der Waals surface area contributed by atoms with Crippen LogP contribution in [0.4, 0.5) is 8.78 Å². The highest BCUT2D eigenvalue weighted by Crippen LogP contribution is 2.57. The molecule has 4 fully saturated rings. The van der Waals surface area contributed by atoms with Crippen LogP contribution in [0.5, 0.6) is 0 Å². The third-order valence-electron chi connectivity index (χ3n) is 5.13. The summed E-state index contributed by atoms with van der Waals surface area (Å²) in [6, 6.07) is 0. The summed E-state index contributed by atoms with van der Waals surface area (Å²) in [6.45, 7) is -1.01. The summed E-state index contributed by atoms with van der Waals surface area (Å²) >= 11 is 0. The molecule has 0 amide bonds. The molecule has 0 spiro atoms. The molecule has 4 bridgehead atoms. The number of carbonyl (C=O) groups is 1. The number of ether oxygens (including phenoxy) is 1. The van der Waals surface area contributed by atoms with Gasteiger partial charge in [-0.05, 0) is 56.3 Å². The van der Waals surface area contributed by atoms with E-state index in [-0.39, 0.29) is 0 Å². The molecule has 120 valence electrons. The number of halogens is 2. The molecular formula is C13H17F2O5S-. The fraction of sp³-hybridized carbons (Fsp3) is 0.923. The third kappa shape index (κ3) is 2.61. The van der Waals surface area contributed by atoms with E-state index < -0.39 is 33.4 Å². The summed E-state index contributed by atoms with van der Waals surface area (Å²) in [5.41, 5.74) is -0.576. The molecule has 0 N–H and O–H groups in total. The molecule has 0 heterocycles. The van der Waals surface area contributed by atoms with Crippen molar-refractivity contribution in [3.63, 3.8) is 0 Å². The van der Waals surface area contributed by atoms with Gasteiger partial charge in [0.1, 0.15) is 6.61 Å². The number of rotatable bonds is 5. The fourth-order valence-corrected chi connectivity index (χ4v) is 4.99. The predicted molar refractivity (Wildman–Crippen MR) is 66.5 cm³/mol. The lowest BCUT2D eigenvalue weighted by atomic mass is 9.54. The molecule has 0 aromatic heterocycles. The summed E-state index contributed by atoms with van der Waals surface area (Å²) < 4.78 is 63.1. The van der Waals surface area contributed by atoms with Crippen LogP contribution < -0.4 is 0 Å². The first kappa shape index (κ1) is 15.3. The van der Waals surface area contributed by atoms with Gasteiger partial charge >= 0.3 is 5.25 Å². The molecule has 4 aliphatic carbocycles. The van der Waals surface area contributed by atoms with Gasteiger partial charge in [0, 0.05) is 0 Å². The molecule has 0 aromatic carbocycles. The maximum atomic E-state index is 13.2. The first-order valence-corrected chi connectivity index (χ1v) is 8.53. The molecule has 21 heavy (non-hydrogen) atoms. The average molecular weight is 323 g/mol. The lowest BCUT2D eigenvalue weighted by molar-refractivity contribution is -0.175. The molecule has 5 nitrogen and oxygen atoms in total. The Morgan fingerprint density at radius 1 is 1.14 bits per heavy atom. The van der Waals surface area contributed by atoms with Crippen molar-refractivity contribution in [2.24, 2.45) is 17.8 Å². The van der Waals surface area contributed by atoms with E-state index in [1.807, 2.05) is 0 Å². The average Bonchev–Trinajstić information content (AvgIpc) is 2.32. The van der Waals surface area contributed by atoms with Crippen molar-refractivity contribution in [1.82, 2.24) is 0 Å². The van der Waals surface area contributed by atoms with Gasteiger partial charge < -0.3 is 9.29 Å². The fourth-order valence-electron chi connectivity index (χ4n) is 4.65. The molecule has 4 aliphatic rings. The van der Waals surface area contributed by atoms with Gasteiger partial charge in [0.2, 0.25) is 5.78 Å². The summed E-state index contributed by atoms with van der Waals surface area (Å²) in [5, 5.41) is -4.91. The minimum absolute atomic E-state index is 0.509. The highest BCUT2D eigenvalue weighted by atomic mass is 32.2. The maximum absolute atomic E-state index is 13.2. The van der Waals surface area contributed by atoms with Gasteiger partial charge in [0.15, 0.2) is 10.1 Å². The zero-order valence-corrected chi connectivity index (χ0v) is 12.2. The van der Waals surface area contributed by atoms with Crippen LogP contribution in [0.2, 0.25) is 0 Å². The summed E-state index contributed by atoms with van der Waals surface area (Å²) in [6.07, 6.45) is 5.59. The predicted octanol–water partition coefficient (Wildman–Crippen LogP) is 1.68. The SMILES string of the molecule is O=C(COC12CC3CC(CC(C3)C1)C2)C(F)(F)S(=O)(=O)[O-]. The van der Waals surface area contributed by atoms with E-state index in [1.165, 1.54) is 0 Å². The van der Waals surface area contributed by atoms with Crippen molar-refractivity contribution in [3.05, 3.63) is 0 Å². The van der Waals surface area contributed by atoms with Gasteiger partial charge in [-0.1, -0.05) is 0 Å². The third-order valence-corrected chi connectivity index (χ3v) is 5.99. The normalized spacial score (nSPS) is 38.7. The lowest BCUT2D eigenvalue weighted by Crippen LogP contribution is -2.53. The smallest absolute Gasteiger partial charge is 0.393 e. The standard InChI is InChI=1S/C13H18F2O5S/c14-13(15,21(17,18)19)11(16)7-20-12-4-8-1-9(5-12)3-10(2-8)6-12/h8-10H,1-7H2,(H,17,18,19)/p-1. The van der Waals surface area contributed by atoms with Gasteiger partial charge in [-0.3, -0.25) is 4.79 Å². The zero-order valence-electron chi connectivity index (χ0n) is 11.4. The van der Waals surface area contributed by atoms with E-state index in [2.05, 4.69) is 0 Å². The molecule has 0 unspecified atom stereocenters. The summed E-state index contributed by atoms with van der Waals surface area (Å²) in [7, 11) is -5.99. The topological polar surface area (TPSA) is 83.5 Å². The van der Waals surface area contributed by atoms with Gasteiger partial charge in [-0.2, -0.15) is 8.78 Å². The molecule has 4 rings (SSSR count). The van der Waals surface area contributed by atoms with Gasteiger partial charge in [0.25, 0.3) is 0 Å². The molecule has 0 aromatic rings. The van der Waals surface area contributed by atoms with E-state index >= 15 is 0 Å². The Labute approximate surface area is 121 Å². The number of ketones is 1. The van der Waals surface area contributed by atoms with E-state index in [4.69, 9.17) is 4.74 Å². The van der Waals surface area contributed by atoms with E-state index in [0.29, 0.717) is 17.8 Å². The number of hydrogen-bond donors (Lipinski definition) is 0. The minimum Gasteiger partial charge on any atom is -0.743 e. The number of alkyl halides is 2. The van der Waals surface area contributed by atoms with Gasteiger partial charge in [0.05, 0.1) is 5.60 Å². The van der Waals surface area contributed by atoms with Gasteiger partial charge in [-0.25, -0.2) is 8.42 Å². The maximum Gasteiger partial charge on any atom is 0.393 e. The molecule has 0 aliphatic heterocycles. The summed E-state index contributed by atoms with van der Waals surface area (Å²) in [4.78, 5) is 11.4. The van der Waals surface area contributed by atoms with Crippen LogP contribution in [0.25, 0.3) is 0 Å². The van der Waals surface area contributed by atoms with Crippen LogP contribution >= 0.6 is 0 Å². The second kappa shape index (κ2) is 4.70. The van der Waals surface area contributed by atoms with Gasteiger partial charge in [-0.15, -0.1) is 0 Å². The van der Waals surface area contributed by atoms with Crippen LogP contribution in [0, 0.1) is 17.8 Å². The molecule has 0 atom stereocenters. The Morgan fingerprint density at radius 3 is 1.95 bits per heavy atom. The minimum atomic E-state index is -5.99. The van der Waals surface area contributed by atoms with E-state index in [0.717, 1.165) is 38.5 Å². The van der Waals surface area contributed by atoms with Crippen LogP contribution in [0.15, 0.2) is 0 Å². The van der Waals surface area contributed by atoms with Crippen LogP contribution in [0.1, 0.15) is 38.5 Å².